The normalized spacial score (nSPS) is 17.0. The van der Waals surface area contributed by atoms with Crippen LogP contribution in [0.5, 0.6) is 5.75 Å². The van der Waals surface area contributed by atoms with Crippen molar-refractivity contribution in [1.82, 2.24) is 14.8 Å². The van der Waals surface area contributed by atoms with E-state index >= 15 is 0 Å². The monoisotopic (exact) mass is 489 g/mol. The Morgan fingerprint density at radius 3 is 2.60 bits per heavy atom. The van der Waals surface area contributed by atoms with Crippen molar-refractivity contribution in [2.24, 2.45) is 0 Å². The lowest BCUT2D eigenvalue weighted by Crippen LogP contribution is -2.42. The van der Waals surface area contributed by atoms with Crippen molar-refractivity contribution in [1.29, 1.82) is 0 Å². The molecule has 0 aliphatic carbocycles. The van der Waals surface area contributed by atoms with Crippen LogP contribution in [0.1, 0.15) is 40.0 Å². The van der Waals surface area contributed by atoms with E-state index in [1.807, 2.05) is 36.4 Å². The Morgan fingerprint density at radius 2 is 1.86 bits per heavy atom. The van der Waals surface area contributed by atoms with Gasteiger partial charge in [-0.2, -0.15) is 10.1 Å². The van der Waals surface area contributed by atoms with Crippen LogP contribution >= 0.6 is 11.6 Å². The van der Waals surface area contributed by atoms with E-state index in [0.717, 1.165) is 11.1 Å². The second-order valence-electron chi connectivity index (χ2n) is 8.05. The van der Waals surface area contributed by atoms with Crippen LogP contribution in [0.2, 0.25) is 5.02 Å². The molecular formula is C25H20ClN5O4. The summed E-state index contributed by atoms with van der Waals surface area (Å²) in [7, 11) is 1.61. The third kappa shape index (κ3) is 4.10. The topological polar surface area (TPSA) is 103 Å². The number of methoxy groups -OCH3 is 1. The third-order valence-electron chi connectivity index (χ3n) is 6.10. The Kier molecular flexibility index (Phi) is 5.92. The fourth-order valence-electron chi connectivity index (χ4n) is 4.49. The summed E-state index contributed by atoms with van der Waals surface area (Å²) in [5, 5.41) is 16.3. The van der Waals surface area contributed by atoms with Gasteiger partial charge in [-0.3, -0.25) is 19.8 Å². The maximum absolute atomic E-state index is 13.8. The van der Waals surface area contributed by atoms with E-state index in [1.54, 1.807) is 34.9 Å². The molecule has 0 bridgehead atoms. The highest BCUT2D eigenvalue weighted by atomic mass is 35.5. The van der Waals surface area contributed by atoms with E-state index in [0.29, 0.717) is 23.1 Å². The van der Waals surface area contributed by atoms with Gasteiger partial charge in [-0.15, -0.1) is 0 Å². The number of halogens is 1. The number of nitro groups is 1. The molecule has 9 nitrogen and oxygen atoms in total. The molecule has 0 saturated heterocycles. The van der Waals surface area contributed by atoms with Gasteiger partial charge in [0, 0.05) is 28.3 Å². The summed E-state index contributed by atoms with van der Waals surface area (Å²) in [4.78, 5) is 30.6. The Hall–Kier alpha value is -4.24. The molecule has 0 N–H and O–H groups in total. The molecule has 1 aliphatic rings. The highest BCUT2D eigenvalue weighted by molar-refractivity contribution is 6.30. The van der Waals surface area contributed by atoms with E-state index in [9.17, 15) is 14.9 Å². The van der Waals surface area contributed by atoms with Gasteiger partial charge in [0.2, 0.25) is 5.95 Å². The molecule has 3 aromatic carbocycles. The van der Waals surface area contributed by atoms with Crippen LogP contribution in [0.3, 0.4) is 0 Å². The van der Waals surface area contributed by atoms with Gasteiger partial charge in [0.1, 0.15) is 12.1 Å². The van der Waals surface area contributed by atoms with E-state index in [-0.39, 0.29) is 17.3 Å². The van der Waals surface area contributed by atoms with Crippen LogP contribution < -0.4 is 9.64 Å². The number of non-ortho nitro benzene ring substituents is 1. The number of aromatic nitrogens is 3. The van der Waals surface area contributed by atoms with Gasteiger partial charge in [0.25, 0.3) is 11.6 Å². The van der Waals surface area contributed by atoms with Crippen molar-refractivity contribution in [3.05, 3.63) is 111 Å². The molecule has 5 rings (SSSR count). The lowest BCUT2D eigenvalue weighted by molar-refractivity contribution is -0.384. The number of para-hydroxylation sites is 1. The first-order valence-corrected chi connectivity index (χ1v) is 11.2. The molecule has 176 valence electrons. The molecule has 4 aromatic rings. The summed E-state index contributed by atoms with van der Waals surface area (Å²) >= 11 is 6.13. The number of ether oxygens (including phenoxy) is 1. The summed E-state index contributed by atoms with van der Waals surface area (Å²) < 4.78 is 7.30. The van der Waals surface area contributed by atoms with Crippen LogP contribution in [0.4, 0.5) is 11.6 Å². The van der Waals surface area contributed by atoms with Crippen molar-refractivity contribution < 1.29 is 14.5 Å². The molecule has 2 atom stereocenters. The van der Waals surface area contributed by atoms with Gasteiger partial charge >= 0.3 is 0 Å². The van der Waals surface area contributed by atoms with Crippen LogP contribution in [0.15, 0.2) is 79.1 Å². The fourth-order valence-corrected chi connectivity index (χ4v) is 4.61. The number of anilines is 1. The van der Waals surface area contributed by atoms with Gasteiger partial charge in [0.05, 0.1) is 24.1 Å². The number of amides is 1. The number of rotatable bonds is 5. The zero-order chi connectivity index (χ0) is 24.5. The molecule has 10 heteroatoms. The van der Waals surface area contributed by atoms with E-state index in [4.69, 9.17) is 16.3 Å². The van der Waals surface area contributed by atoms with Crippen LogP contribution in [-0.2, 0) is 0 Å². The summed E-state index contributed by atoms with van der Waals surface area (Å²) in [6, 6.07) is 19.9. The number of hydrogen-bond acceptors (Lipinski definition) is 6. The van der Waals surface area contributed by atoms with Gasteiger partial charge in [-0.1, -0.05) is 48.0 Å². The summed E-state index contributed by atoms with van der Waals surface area (Å²) in [5.41, 5.74) is 1.78. The van der Waals surface area contributed by atoms with E-state index in [1.165, 1.54) is 24.5 Å². The summed E-state index contributed by atoms with van der Waals surface area (Å²) in [6.45, 7) is 0. The molecule has 2 heterocycles. The number of carbonyl (C=O) groups is 1. The van der Waals surface area contributed by atoms with Crippen molar-refractivity contribution >= 4 is 29.1 Å². The molecule has 0 saturated carbocycles. The highest BCUT2D eigenvalue weighted by Gasteiger charge is 2.40. The molecular weight excluding hydrogens is 470 g/mol. The number of nitrogens with zero attached hydrogens (tertiary/aromatic N) is 5. The van der Waals surface area contributed by atoms with Crippen molar-refractivity contribution in [3.8, 4) is 5.75 Å². The molecule has 0 radical (unpaired) electrons. The van der Waals surface area contributed by atoms with Crippen LogP contribution in [0, 0.1) is 10.1 Å². The van der Waals surface area contributed by atoms with Crippen molar-refractivity contribution in [2.45, 2.75) is 18.5 Å². The number of benzene rings is 3. The van der Waals surface area contributed by atoms with Gasteiger partial charge in [0.15, 0.2) is 0 Å². The molecule has 35 heavy (non-hydrogen) atoms. The Bertz CT molecular complexity index is 1410. The number of fused-ring (bicyclic) bond motifs is 1. The lowest BCUT2D eigenvalue weighted by Gasteiger charge is -2.39. The first-order valence-electron chi connectivity index (χ1n) is 10.8. The molecule has 0 spiro atoms. The number of nitro benzene ring substituents is 1. The largest absolute Gasteiger partial charge is 0.496 e. The average Bonchev–Trinajstić information content (AvgIpc) is 3.38. The van der Waals surface area contributed by atoms with Crippen LogP contribution in [-0.4, -0.2) is 32.7 Å². The maximum Gasteiger partial charge on any atom is 0.270 e. The predicted octanol–water partition coefficient (Wildman–Crippen LogP) is 5.23. The first-order chi connectivity index (χ1) is 17.0. The average molecular weight is 490 g/mol. The van der Waals surface area contributed by atoms with Crippen LogP contribution in [0.25, 0.3) is 0 Å². The smallest absolute Gasteiger partial charge is 0.270 e. The lowest BCUT2D eigenvalue weighted by atomic mass is 9.91. The maximum atomic E-state index is 13.8. The quantitative estimate of drug-likeness (QED) is 0.281. The summed E-state index contributed by atoms with van der Waals surface area (Å²) in [5.74, 6) is 0.622. The zero-order valence-corrected chi connectivity index (χ0v) is 19.4. The number of carbonyl (C=O) groups excluding carboxylic acids is 1. The first kappa shape index (κ1) is 22.5. The molecule has 1 aliphatic heterocycles. The SMILES string of the molecule is COc1ccccc1[C@@H]1C[C@@H](c2ccc(Cl)cc2)N(C(=O)c2cccc([N+](=O)[O-])c2)c2ncnn21. The minimum atomic E-state index is -0.524. The fraction of sp³-hybridized carbons (Fsp3) is 0.160. The third-order valence-corrected chi connectivity index (χ3v) is 6.35. The second kappa shape index (κ2) is 9.19. The minimum Gasteiger partial charge on any atom is -0.496 e. The molecule has 1 aromatic heterocycles. The highest BCUT2D eigenvalue weighted by Crippen LogP contribution is 2.44. The molecule has 1 amide bonds. The van der Waals surface area contributed by atoms with Gasteiger partial charge in [-0.25, -0.2) is 4.68 Å². The van der Waals surface area contributed by atoms with Crippen molar-refractivity contribution in [3.63, 3.8) is 0 Å². The Labute approximate surface area is 205 Å². The second-order valence-corrected chi connectivity index (χ2v) is 8.48. The minimum absolute atomic E-state index is 0.163. The standard InChI is InChI=1S/C25H20ClN5O4/c1-35-23-8-3-2-7-20(23)22-14-21(16-9-11-18(26)12-10-16)29(25-27-15-28-30(22)25)24(32)17-5-4-6-19(13-17)31(33)34/h2-13,15,21-22H,14H2,1H3/t21-,22-/m0/s1. The zero-order valence-electron chi connectivity index (χ0n) is 18.6. The molecule has 0 fully saturated rings. The predicted molar refractivity (Wildman–Crippen MR) is 130 cm³/mol. The Morgan fingerprint density at radius 1 is 1.09 bits per heavy atom. The summed E-state index contributed by atoms with van der Waals surface area (Å²) in [6.07, 6.45) is 1.87. The van der Waals surface area contributed by atoms with Crippen molar-refractivity contribution in [2.75, 3.05) is 12.0 Å². The Balaban J connectivity index is 1.66. The molecule has 0 unspecified atom stereocenters. The van der Waals surface area contributed by atoms with E-state index < -0.39 is 16.9 Å². The van der Waals surface area contributed by atoms with Gasteiger partial charge in [-0.05, 0) is 36.2 Å². The number of hydrogen-bond donors (Lipinski definition) is 0. The van der Waals surface area contributed by atoms with Gasteiger partial charge < -0.3 is 4.74 Å². The van der Waals surface area contributed by atoms with E-state index in [2.05, 4.69) is 10.1 Å².